The molecule has 8 heteroatoms. The topological polar surface area (TPSA) is 61.9 Å². The lowest BCUT2D eigenvalue weighted by atomic mass is 10.2. The van der Waals surface area contributed by atoms with Crippen LogP contribution < -0.4 is 14.4 Å². The molecule has 2 aromatic carbocycles. The van der Waals surface area contributed by atoms with Crippen LogP contribution in [0.5, 0.6) is 5.75 Å². The molecule has 6 nitrogen and oxygen atoms in total. The summed E-state index contributed by atoms with van der Waals surface area (Å²) in [6, 6.07) is 14.3. The van der Waals surface area contributed by atoms with Crippen molar-refractivity contribution in [1.82, 2.24) is 9.62 Å². The second-order valence-corrected chi connectivity index (χ2v) is 8.59. The van der Waals surface area contributed by atoms with E-state index in [-0.39, 0.29) is 4.90 Å². The van der Waals surface area contributed by atoms with Gasteiger partial charge in [0, 0.05) is 56.0 Å². The number of sulfonamides is 1. The standard InChI is InChI=1S/C19H24ClN3O3S/c1-26-18-3-2-4-19(15-18)27(24,25)21-9-10-22-11-13-23(14-12-22)17-7-5-16(20)6-8-17/h2-8,15,21H,9-14H2,1H3. The van der Waals surface area contributed by atoms with Gasteiger partial charge in [0.05, 0.1) is 12.0 Å². The summed E-state index contributed by atoms with van der Waals surface area (Å²) in [5.74, 6) is 0.524. The molecule has 0 spiro atoms. The van der Waals surface area contributed by atoms with E-state index in [4.69, 9.17) is 16.3 Å². The van der Waals surface area contributed by atoms with Crippen LogP contribution in [0, 0.1) is 0 Å². The Morgan fingerprint density at radius 1 is 1.07 bits per heavy atom. The highest BCUT2D eigenvalue weighted by Crippen LogP contribution is 2.19. The van der Waals surface area contributed by atoms with E-state index in [1.165, 1.54) is 13.2 Å². The summed E-state index contributed by atoms with van der Waals surface area (Å²) < 4.78 is 32.6. The van der Waals surface area contributed by atoms with Crippen molar-refractivity contribution in [1.29, 1.82) is 0 Å². The SMILES string of the molecule is COc1cccc(S(=O)(=O)NCCN2CCN(c3ccc(Cl)cc3)CC2)c1. The van der Waals surface area contributed by atoms with Crippen molar-refractivity contribution in [2.75, 3.05) is 51.3 Å². The summed E-state index contributed by atoms with van der Waals surface area (Å²) in [4.78, 5) is 4.79. The first kappa shape index (κ1) is 19.9. The summed E-state index contributed by atoms with van der Waals surface area (Å²) in [6.07, 6.45) is 0. The van der Waals surface area contributed by atoms with Gasteiger partial charge in [-0.1, -0.05) is 17.7 Å². The van der Waals surface area contributed by atoms with E-state index in [1.54, 1.807) is 18.2 Å². The Labute approximate surface area is 165 Å². The third-order valence-electron chi connectivity index (χ3n) is 4.64. The largest absolute Gasteiger partial charge is 0.497 e. The first-order chi connectivity index (χ1) is 13.0. The average Bonchev–Trinajstić information content (AvgIpc) is 2.69. The lowest BCUT2D eigenvalue weighted by Crippen LogP contribution is -2.48. The van der Waals surface area contributed by atoms with Gasteiger partial charge in [-0.3, -0.25) is 4.90 Å². The molecule has 0 radical (unpaired) electrons. The summed E-state index contributed by atoms with van der Waals surface area (Å²) in [5.41, 5.74) is 1.16. The number of hydrogen-bond donors (Lipinski definition) is 1. The van der Waals surface area contributed by atoms with Crippen LogP contribution in [0.15, 0.2) is 53.4 Å². The monoisotopic (exact) mass is 409 g/mol. The molecule has 1 aliphatic rings. The highest BCUT2D eigenvalue weighted by molar-refractivity contribution is 7.89. The van der Waals surface area contributed by atoms with Crippen LogP contribution in [0.25, 0.3) is 0 Å². The predicted octanol–water partition coefficient (Wildman–Crippen LogP) is 2.45. The molecular weight excluding hydrogens is 386 g/mol. The maximum Gasteiger partial charge on any atom is 0.240 e. The van der Waals surface area contributed by atoms with Crippen molar-refractivity contribution in [3.05, 3.63) is 53.6 Å². The van der Waals surface area contributed by atoms with Gasteiger partial charge in [0.1, 0.15) is 5.75 Å². The van der Waals surface area contributed by atoms with Crippen LogP contribution in [-0.4, -0.2) is 59.7 Å². The van der Waals surface area contributed by atoms with Gasteiger partial charge in [0.25, 0.3) is 0 Å². The van der Waals surface area contributed by atoms with E-state index in [0.717, 1.165) is 36.9 Å². The van der Waals surface area contributed by atoms with Gasteiger partial charge >= 0.3 is 0 Å². The number of hydrogen-bond acceptors (Lipinski definition) is 5. The van der Waals surface area contributed by atoms with Gasteiger partial charge in [-0.25, -0.2) is 13.1 Å². The van der Waals surface area contributed by atoms with Gasteiger partial charge in [-0.2, -0.15) is 0 Å². The first-order valence-corrected chi connectivity index (χ1v) is 10.7. The minimum Gasteiger partial charge on any atom is -0.497 e. The molecule has 0 atom stereocenters. The molecule has 1 aliphatic heterocycles. The van der Waals surface area contributed by atoms with Crippen molar-refractivity contribution in [2.24, 2.45) is 0 Å². The van der Waals surface area contributed by atoms with E-state index < -0.39 is 10.0 Å². The van der Waals surface area contributed by atoms with E-state index in [2.05, 4.69) is 14.5 Å². The molecule has 1 N–H and O–H groups in total. The number of nitrogens with one attached hydrogen (secondary N) is 1. The molecule has 146 valence electrons. The number of halogens is 1. The van der Waals surface area contributed by atoms with Crippen molar-refractivity contribution < 1.29 is 13.2 Å². The molecule has 27 heavy (non-hydrogen) atoms. The van der Waals surface area contributed by atoms with Crippen molar-refractivity contribution in [2.45, 2.75) is 4.90 Å². The average molecular weight is 410 g/mol. The fourth-order valence-corrected chi connectivity index (χ4v) is 4.25. The third kappa shape index (κ3) is 5.35. The molecule has 1 saturated heterocycles. The lowest BCUT2D eigenvalue weighted by Gasteiger charge is -2.36. The molecular formula is C19H24ClN3O3S. The van der Waals surface area contributed by atoms with Gasteiger partial charge in [0.2, 0.25) is 10.0 Å². The smallest absolute Gasteiger partial charge is 0.240 e. The number of rotatable bonds is 7. The molecule has 0 aliphatic carbocycles. The number of anilines is 1. The molecule has 2 aromatic rings. The molecule has 0 saturated carbocycles. The zero-order valence-corrected chi connectivity index (χ0v) is 16.8. The molecule has 0 amide bonds. The van der Waals surface area contributed by atoms with Crippen LogP contribution >= 0.6 is 11.6 Å². The fourth-order valence-electron chi connectivity index (χ4n) is 3.07. The molecule has 1 fully saturated rings. The Morgan fingerprint density at radius 3 is 2.44 bits per heavy atom. The third-order valence-corrected chi connectivity index (χ3v) is 6.35. The van der Waals surface area contributed by atoms with E-state index in [9.17, 15) is 8.42 Å². The van der Waals surface area contributed by atoms with Crippen LogP contribution in [0.4, 0.5) is 5.69 Å². The zero-order chi connectivity index (χ0) is 19.3. The Kier molecular flexibility index (Phi) is 6.59. The second-order valence-electron chi connectivity index (χ2n) is 6.38. The fraction of sp³-hybridized carbons (Fsp3) is 0.368. The highest BCUT2D eigenvalue weighted by Gasteiger charge is 2.19. The van der Waals surface area contributed by atoms with Crippen LogP contribution in [-0.2, 0) is 10.0 Å². The molecule has 0 bridgehead atoms. The number of benzene rings is 2. The Morgan fingerprint density at radius 2 is 1.78 bits per heavy atom. The summed E-state index contributed by atoms with van der Waals surface area (Å²) in [7, 11) is -2.01. The van der Waals surface area contributed by atoms with E-state index >= 15 is 0 Å². The molecule has 1 heterocycles. The maximum absolute atomic E-state index is 12.4. The normalized spacial score (nSPS) is 15.7. The van der Waals surface area contributed by atoms with Gasteiger partial charge in [-0.05, 0) is 36.4 Å². The molecule has 0 unspecified atom stereocenters. The van der Waals surface area contributed by atoms with Crippen LogP contribution in [0.3, 0.4) is 0 Å². The van der Waals surface area contributed by atoms with Gasteiger partial charge in [-0.15, -0.1) is 0 Å². The number of ether oxygens (including phenoxy) is 1. The molecule has 3 rings (SSSR count). The van der Waals surface area contributed by atoms with Crippen molar-refractivity contribution in [3.8, 4) is 5.75 Å². The van der Waals surface area contributed by atoms with E-state index in [1.807, 2.05) is 24.3 Å². The first-order valence-electron chi connectivity index (χ1n) is 8.84. The van der Waals surface area contributed by atoms with Crippen molar-refractivity contribution >= 4 is 27.3 Å². The Hall–Kier alpha value is -1.80. The van der Waals surface area contributed by atoms with E-state index in [0.29, 0.717) is 18.8 Å². The second kappa shape index (κ2) is 8.93. The number of methoxy groups -OCH3 is 1. The molecule has 0 aromatic heterocycles. The highest BCUT2D eigenvalue weighted by atomic mass is 35.5. The minimum atomic E-state index is -3.53. The summed E-state index contributed by atoms with van der Waals surface area (Å²) in [6.45, 7) is 4.65. The number of nitrogens with zero attached hydrogens (tertiary/aromatic N) is 2. The predicted molar refractivity (Wildman–Crippen MR) is 108 cm³/mol. The van der Waals surface area contributed by atoms with Gasteiger partial charge < -0.3 is 9.64 Å². The van der Waals surface area contributed by atoms with Crippen LogP contribution in [0.1, 0.15) is 0 Å². The van der Waals surface area contributed by atoms with Crippen LogP contribution in [0.2, 0.25) is 5.02 Å². The Balaban J connectivity index is 1.46. The lowest BCUT2D eigenvalue weighted by molar-refractivity contribution is 0.262. The Bertz CT molecular complexity index is 851. The number of piperazine rings is 1. The summed E-state index contributed by atoms with van der Waals surface area (Å²) >= 11 is 5.94. The van der Waals surface area contributed by atoms with Crippen molar-refractivity contribution in [3.63, 3.8) is 0 Å². The zero-order valence-electron chi connectivity index (χ0n) is 15.3. The quantitative estimate of drug-likeness (QED) is 0.761. The van der Waals surface area contributed by atoms with Gasteiger partial charge in [0.15, 0.2) is 0 Å². The summed E-state index contributed by atoms with van der Waals surface area (Å²) in [5, 5.41) is 0.737. The maximum atomic E-state index is 12.4. The minimum absolute atomic E-state index is 0.217.